The number of aliphatic hydroxyl groups is 2. The van der Waals surface area contributed by atoms with Crippen LogP contribution in [0.2, 0.25) is 0 Å². The molecule has 0 heterocycles. The number of hydrogen-bond donors (Lipinski definition) is 13. The van der Waals surface area contributed by atoms with Crippen molar-refractivity contribution in [1.82, 2.24) is 42.5 Å². The van der Waals surface area contributed by atoms with Crippen molar-refractivity contribution in [2.75, 3.05) is 19.0 Å². The Morgan fingerprint density at radius 3 is 1.00 bits per heavy atom. The van der Waals surface area contributed by atoms with E-state index < -0.39 is 121 Å². The van der Waals surface area contributed by atoms with Crippen LogP contribution in [0.25, 0.3) is 0 Å². The molecule has 0 rings (SSSR count). The zero-order valence-electron chi connectivity index (χ0n) is 37.0. The number of carboxylic acids is 1. The lowest BCUT2D eigenvalue weighted by molar-refractivity contribution is -0.143. The van der Waals surface area contributed by atoms with Gasteiger partial charge in [-0.25, -0.2) is 4.79 Å². The molecule has 0 aromatic carbocycles. The fourth-order valence-electron chi connectivity index (χ4n) is 5.72. The normalized spacial score (nSPS) is 15.8. The molecule has 0 aromatic heterocycles. The maximum absolute atomic E-state index is 13.7. The summed E-state index contributed by atoms with van der Waals surface area (Å²) in [6.45, 7) is 15.4. The number of nitrogens with two attached hydrogens (primary N) is 1. The van der Waals surface area contributed by atoms with Gasteiger partial charge in [0.25, 0.3) is 0 Å². The van der Waals surface area contributed by atoms with Crippen LogP contribution in [0.15, 0.2) is 0 Å². The molecular formula is C39H71N9O12S. The Kier molecular flexibility index (Phi) is 26.0. The van der Waals surface area contributed by atoms with E-state index in [1.54, 1.807) is 27.7 Å². The van der Waals surface area contributed by atoms with Crippen LogP contribution >= 0.6 is 12.6 Å². The van der Waals surface area contributed by atoms with Gasteiger partial charge in [0.2, 0.25) is 47.3 Å². The van der Waals surface area contributed by atoms with Crippen LogP contribution < -0.4 is 48.3 Å². The molecule has 22 heteroatoms. The van der Waals surface area contributed by atoms with Gasteiger partial charge in [0, 0.05) is 5.75 Å². The van der Waals surface area contributed by atoms with E-state index in [-0.39, 0.29) is 55.1 Å². The average Bonchev–Trinajstić information content (AvgIpc) is 3.15. The molecule has 13 N–H and O–H groups in total. The summed E-state index contributed by atoms with van der Waals surface area (Å²) in [4.78, 5) is 117. The van der Waals surface area contributed by atoms with Crippen LogP contribution in [0.5, 0.6) is 0 Å². The van der Waals surface area contributed by atoms with Gasteiger partial charge in [0.15, 0.2) is 0 Å². The van der Waals surface area contributed by atoms with Crippen molar-refractivity contribution in [3.8, 4) is 0 Å². The molecule has 8 amide bonds. The smallest absolute Gasteiger partial charge is 0.326 e. The van der Waals surface area contributed by atoms with E-state index in [0.717, 1.165) is 0 Å². The van der Waals surface area contributed by atoms with E-state index in [0.29, 0.717) is 0 Å². The van der Waals surface area contributed by atoms with Gasteiger partial charge in [-0.1, -0.05) is 55.4 Å². The predicted octanol–water partition coefficient (Wildman–Crippen LogP) is -2.58. The Balaban J connectivity index is 5.84. The van der Waals surface area contributed by atoms with Crippen molar-refractivity contribution in [1.29, 1.82) is 0 Å². The molecule has 0 spiro atoms. The van der Waals surface area contributed by atoms with Gasteiger partial charge in [-0.3, -0.25) is 38.4 Å². The second kappa shape index (κ2) is 28.1. The topological polar surface area (TPSA) is 337 Å². The zero-order valence-corrected chi connectivity index (χ0v) is 37.9. The molecule has 0 fully saturated rings. The second-order valence-corrected chi connectivity index (χ2v) is 17.2. The third kappa shape index (κ3) is 21.7. The molecule has 0 aromatic rings. The Bertz CT molecular complexity index is 1500. The summed E-state index contributed by atoms with van der Waals surface area (Å²) >= 11 is 4.06. The molecule has 0 aliphatic carbocycles. The van der Waals surface area contributed by atoms with Gasteiger partial charge in [0.05, 0.1) is 19.3 Å². The van der Waals surface area contributed by atoms with Crippen LogP contribution in [-0.4, -0.2) is 142 Å². The molecule has 0 saturated heterocycles. The summed E-state index contributed by atoms with van der Waals surface area (Å²) < 4.78 is 0. The third-order valence-electron chi connectivity index (χ3n) is 8.95. The number of carbonyl (C=O) groups is 9. The highest BCUT2D eigenvalue weighted by molar-refractivity contribution is 7.80. The monoisotopic (exact) mass is 889 g/mol. The molecule has 0 saturated carbocycles. The molecule has 350 valence electrons. The van der Waals surface area contributed by atoms with Crippen molar-refractivity contribution in [2.24, 2.45) is 29.4 Å². The van der Waals surface area contributed by atoms with Crippen molar-refractivity contribution < 1.29 is 58.5 Å². The molecular weight excluding hydrogens is 819 g/mol. The lowest BCUT2D eigenvalue weighted by atomic mass is 9.98. The number of aliphatic carboxylic acids is 1. The largest absolute Gasteiger partial charge is 0.480 e. The minimum atomic E-state index is -1.64. The maximum atomic E-state index is 13.7. The van der Waals surface area contributed by atoms with E-state index in [4.69, 9.17) is 5.73 Å². The van der Waals surface area contributed by atoms with E-state index in [1.165, 1.54) is 13.8 Å². The highest BCUT2D eigenvalue weighted by Crippen LogP contribution is 2.12. The first-order valence-electron chi connectivity index (χ1n) is 20.5. The second-order valence-electron chi connectivity index (χ2n) is 16.9. The lowest BCUT2D eigenvalue weighted by Crippen LogP contribution is -2.61. The molecule has 0 aliphatic rings. The molecule has 0 radical (unpaired) electrons. The van der Waals surface area contributed by atoms with Crippen molar-refractivity contribution in [3.05, 3.63) is 0 Å². The first kappa shape index (κ1) is 56.5. The molecule has 61 heavy (non-hydrogen) atoms. The molecule has 21 nitrogen and oxygen atoms in total. The van der Waals surface area contributed by atoms with Crippen LogP contribution in [0.4, 0.5) is 0 Å². The summed E-state index contributed by atoms with van der Waals surface area (Å²) in [5.41, 5.74) is 5.69. The van der Waals surface area contributed by atoms with Crippen molar-refractivity contribution in [3.63, 3.8) is 0 Å². The standard InChI is InChI=1S/C39H71N9O12S/c1-18(2)11-24(43-35(55)26(13-20(5)6)44-34(54)25(12-19(3)4)42-31(51)22(9)40)33(53)41-23(10)32(52)46-28(15-49)37(57)48-30(17-61)38(58)47-29(16-50)36(56)45-27(39(59)60)14-21(7)8/h18-30,49-50,61H,11-17,40H2,1-10H3,(H,41,53)(H,42,51)(H,43,55)(H,44,54)(H,45,56)(H,46,52)(H,47,58)(H,48,57)(H,59,60)/t22-,23-,24-,25-,26-,27-,28-,29-,30-/m0/s1. The number of thiol groups is 1. The number of rotatable bonds is 28. The summed E-state index contributed by atoms with van der Waals surface area (Å²) in [6.07, 6.45) is 0.656. The van der Waals surface area contributed by atoms with Gasteiger partial charge in [-0.05, 0) is 63.2 Å². The highest BCUT2D eigenvalue weighted by Gasteiger charge is 2.34. The molecule has 9 atom stereocenters. The quantitative estimate of drug-likeness (QED) is 0.0360. The Morgan fingerprint density at radius 2 is 0.672 bits per heavy atom. The molecule has 0 aliphatic heterocycles. The number of carbonyl (C=O) groups excluding carboxylic acids is 8. The van der Waals surface area contributed by atoms with Crippen molar-refractivity contribution >= 4 is 65.9 Å². The fourth-order valence-corrected chi connectivity index (χ4v) is 5.98. The highest BCUT2D eigenvalue weighted by atomic mass is 32.1. The number of nitrogens with one attached hydrogen (secondary N) is 8. The number of amides is 8. The first-order chi connectivity index (χ1) is 28.3. The number of aliphatic hydroxyl groups excluding tert-OH is 2. The van der Waals surface area contributed by atoms with Gasteiger partial charge < -0.3 is 63.6 Å². The maximum Gasteiger partial charge on any atom is 0.326 e. The van der Waals surface area contributed by atoms with Crippen LogP contribution in [-0.2, 0) is 43.2 Å². The summed E-state index contributed by atoms with van der Waals surface area (Å²) in [5.74, 6) is -8.51. The molecule has 0 bridgehead atoms. The van der Waals surface area contributed by atoms with Gasteiger partial charge in [0.1, 0.15) is 48.3 Å². The Morgan fingerprint density at radius 1 is 0.410 bits per heavy atom. The summed E-state index contributed by atoms with van der Waals surface area (Å²) in [6, 6.07) is -11.4. The predicted molar refractivity (Wildman–Crippen MR) is 228 cm³/mol. The van der Waals surface area contributed by atoms with Gasteiger partial charge in [-0.2, -0.15) is 12.6 Å². The number of carboxylic acid groups (broad SMARTS) is 1. The Hall–Kier alpha value is -4.54. The van der Waals surface area contributed by atoms with Gasteiger partial charge in [-0.15, -0.1) is 0 Å². The SMILES string of the molecule is CC(C)C[C@H](NC(=O)[C@H](CO)NC(=O)[C@H](CS)NC(=O)[C@H](CO)NC(=O)[C@H](C)NC(=O)[C@H](CC(C)C)NC(=O)[C@H](CC(C)C)NC(=O)[C@H](CC(C)C)NC(=O)[C@H](C)N)C(=O)O. The molecule has 0 unspecified atom stereocenters. The average molecular weight is 890 g/mol. The van der Waals surface area contributed by atoms with E-state index >= 15 is 0 Å². The van der Waals surface area contributed by atoms with E-state index in [2.05, 4.69) is 55.2 Å². The summed E-state index contributed by atoms with van der Waals surface area (Å²) in [7, 11) is 0. The first-order valence-corrected chi connectivity index (χ1v) is 21.1. The Labute approximate surface area is 363 Å². The van der Waals surface area contributed by atoms with E-state index in [1.807, 2.05) is 27.7 Å². The lowest BCUT2D eigenvalue weighted by Gasteiger charge is -2.28. The van der Waals surface area contributed by atoms with E-state index in [9.17, 15) is 58.5 Å². The van der Waals surface area contributed by atoms with Crippen LogP contribution in [0.1, 0.15) is 94.9 Å². The summed E-state index contributed by atoms with van der Waals surface area (Å²) in [5, 5.41) is 48.7. The zero-order chi connectivity index (χ0) is 47.3. The van der Waals surface area contributed by atoms with Crippen LogP contribution in [0, 0.1) is 23.7 Å². The van der Waals surface area contributed by atoms with Crippen LogP contribution in [0.3, 0.4) is 0 Å². The third-order valence-corrected chi connectivity index (χ3v) is 9.32. The number of hydrogen-bond acceptors (Lipinski definition) is 13. The van der Waals surface area contributed by atoms with Gasteiger partial charge >= 0.3 is 5.97 Å². The minimum Gasteiger partial charge on any atom is -0.480 e. The fraction of sp³-hybridized carbons (Fsp3) is 0.769. The van der Waals surface area contributed by atoms with Crippen molar-refractivity contribution in [2.45, 2.75) is 149 Å². The minimum absolute atomic E-state index is 0.00191.